The smallest absolute Gasteiger partial charge is 0.296 e. The number of nitrogens with zero attached hydrogens (tertiary/aromatic N) is 1. The number of fused-ring (bicyclic) bond motifs is 1. The average molecular weight is 453 g/mol. The lowest BCUT2D eigenvalue weighted by atomic mass is 9.94. The molecule has 0 saturated carbocycles. The van der Waals surface area contributed by atoms with Crippen LogP contribution in [0.4, 0.5) is 17.1 Å². The maximum Gasteiger partial charge on any atom is 0.296 e. The van der Waals surface area contributed by atoms with Crippen LogP contribution in [-0.4, -0.2) is 27.4 Å². The molecule has 0 atom stereocenters. The van der Waals surface area contributed by atoms with Crippen molar-refractivity contribution in [1.29, 1.82) is 0 Å². The molecule has 0 bridgehead atoms. The highest BCUT2D eigenvalue weighted by Crippen LogP contribution is 2.45. The summed E-state index contributed by atoms with van der Waals surface area (Å²) in [5.41, 5.74) is 4.26. The molecule has 1 aromatic rings. The maximum atomic E-state index is 12.8. The third kappa shape index (κ3) is 6.59. The van der Waals surface area contributed by atoms with Gasteiger partial charge in [0.25, 0.3) is 10.2 Å². The van der Waals surface area contributed by atoms with E-state index < -0.39 is 15.6 Å². The molecule has 31 heavy (non-hydrogen) atoms. The second-order valence-electron chi connectivity index (χ2n) is 9.68. The van der Waals surface area contributed by atoms with Crippen LogP contribution in [-0.2, 0) is 21.4 Å². The largest absolute Gasteiger partial charge is 0.369 e. The molecule has 8 heteroatoms. The second kappa shape index (κ2) is 10.2. The highest BCUT2D eigenvalue weighted by Gasteiger charge is 2.31. The van der Waals surface area contributed by atoms with E-state index in [9.17, 15) is 13.2 Å². The zero-order valence-electron chi connectivity index (χ0n) is 20.0. The molecule has 0 fully saturated rings. The molecule has 1 aliphatic heterocycles. The van der Waals surface area contributed by atoms with E-state index in [1.54, 1.807) is 0 Å². The van der Waals surface area contributed by atoms with Crippen molar-refractivity contribution in [3.05, 3.63) is 16.7 Å². The van der Waals surface area contributed by atoms with Crippen LogP contribution in [0.1, 0.15) is 82.9 Å². The van der Waals surface area contributed by atoms with Crippen LogP contribution in [0.15, 0.2) is 0 Å². The number of carbonyl (C=O) groups is 1. The number of benzene rings is 1. The van der Waals surface area contributed by atoms with Crippen molar-refractivity contribution in [3.8, 4) is 0 Å². The molecule has 176 valence electrons. The van der Waals surface area contributed by atoms with Crippen LogP contribution in [0.25, 0.3) is 0 Å². The summed E-state index contributed by atoms with van der Waals surface area (Å²) in [7, 11) is -3.93. The van der Waals surface area contributed by atoms with Gasteiger partial charge in [-0.15, -0.1) is 0 Å². The second-order valence-corrected chi connectivity index (χ2v) is 11.0. The van der Waals surface area contributed by atoms with E-state index in [1.807, 2.05) is 34.6 Å². The molecule has 1 amide bonds. The first-order chi connectivity index (χ1) is 14.4. The van der Waals surface area contributed by atoms with Crippen molar-refractivity contribution in [2.24, 2.45) is 10.6 Å². The van der Waals surface area contributed by atoms with Gasteiger partial charge >= 0.3 is 0 Å². The fourth-order valence-corrected chi connectivity index (χ4v) is 4.72. The van der Waals surface area contributed by atoms with Crippen LogP contribution >= 0.6 is 0 Å². The number of rotatable bonds is 10. The van der Waals surface area contributed by atoms with Crippen molar-refractivity contribution in [1.82, 2.24) is 0 Å². The molecule has 0 spiro atoms. The first-order valence-corrected chi connectivity index (χ1v) is 12.9. The summed E-state index contributed by atoms with van der Waals surface area (Å²) in [5, 5.41) is 8.37. The third-order valence-corrected chi connectivity index (χ3v) is 6.48. The molecule has 0 radical (unpaired) electrons. The van der Waals surface area contributed by atoms with E-state index in [-0.39, 0.29) is 5.91 Å². The number of nitrogens with one attached hydrogen (secondary N) is 2. The molecule has 1 aliphatic rings. The van der Waals surface area contributed by atoms with Gasteiger partial charge in [-0.1, -0.05) is 59.8 Å². The minimum atomic E-state index is -3.93. The lowest BCUT2D eigenvalue weighted by Crippen LogP contribution is -2.30. The highest BCUT2D eigenvalue weighted by atomic mass is 32.2. The van der Waals surface area contributed by atoms with Crippen molar-refractivity contribution < 1.29 is 13.2 Å². The summed E-state index contributed by atoms with van der Waals surface area (Å²) in [5.74, 6) is -0.102. The van der Waals surface area contributed by atoms with Crippen LogP contribution < -0.4 is 20.1 Å². The van der Waals surface area contributed by atoms with E-state index in [0.717, 1.165) is 42.7 Å². The van der Waals surface area contributed by atoms with Crippen molar-refractivity contribution in [3.63, 3.8) is 0 Å². The van der Waals surface area contributed by atoms with Gasteiger partial charge in [-0.05, 0) is 43.4 Å². The number of unbranched alkanes of at least 4 members (excludes halogenated alkanes) is 5. The van der Waals surface area contributed by atoms with Crippen molar-refractivity contribution in [2.45, 2.75) is 86.5 Å². The Kier molecular flexibility index (Phi) is 8.39. The zero-order valence-corrected chi connectivity index (χ0v) is 20.8. The molecule has 0 unspecified atom stereocenters. The number of nitrogens with two attached hydrogens (primary N) is 1. The Hall–Kier alpha value is -1.80. The van der Waals surface area contributed by atoms with Gasteiger partial charge in [0, 0.05) is 18.5 Å². The van der Waals surface area contributed by atoms with Crippen LogP contribution in [0, 0.1) is 19.3 Å². The molecule has 2 rings (SSSR count). The van der Waals surface area contributed by atoms with E-state index in [2.05, 4.69) is 21.9 Å². The summed E-state index contributed by atoms with van der Waals surface area (Å²) >= 11 is 0. The zero-order chi connectivity index (χ0) is 23.4. The van der Waals surface area contributed by atoms with Gasteiger partial charge in [0.15, 0.2) is 0 Å². The minimum absolute atomic E-state index is 0.102. The van der Waals surface area contributed by atoms with Crippen molar-refractivity contribution in [2.75, 3.05) is 28.0 Å². The number of hydrogen-bond donors (Lipinski definition) is 3. The number of hydrogen-bond acceptors (Lipinski definition) is 4. The number of anilines is 3. The summed E-state index contributed by atoms with van der Waals surface area (Å²) in [6.45, 7) is 13.4. The van der Waals surface area contributed by atoms with E-state index in [0.29, 0.717) is 16.9 Å². The minimum Gasteiger partial charge on any atom is -0.369 e. The Bertz CT molecular complexity index is 905. The van der Waals surface area contributed by atoms with Gasteiger partial charge in [-0.25, -0.2) is 5.14 Å². The SMILES string of the molecule is CCCCCCCCN1CCc2c(C)c(NS(N)(=O)=O)c(C)c(NC(=O)C(C)(C)C)c21. The van der Waals surface area contributed by atoms with Gasteiger partial charge in [-0.2, -0.15) is 8.42 Å². The van der Waals surface area contributed by atoms with Crippen molar-refractivity contribution >= 4 is 33.2 Å². The maximum absolute atomic E-state index is 12.8. The predicted octanol–water partition coefficient (Wildman–Crippen LogP) is 4.63. The molecule has 1 heterocycles. The topological polar surface area (TPSA) is 105 Å². The molecule has 0 saturated heterocycles. The molecule has 0 aliphatic carbocycles. The van der Waals surface area contributed by atoms with Crippen LogP contribution in [0.3, 0.4) is 0 Å². The normalized spacial score (nSPS) is 14.0. The van der Waals surface area contributed by atoms with E-state index in [1.165, 1.54) is 32.1 Å². The third-order valence-electron chi connectivity index (χ3n) is 5.99. The number of carbonyl (C=O) groups excluding carboxylic acids is 1. The van der Waals surface area contributed by atoms with Crippen LogP contribution in [0.2, 0.25) is 0 Å². The Labute approximate surface area is 188 Å². The van der Waals surface area contributed by atoms with E-state index in [4.69, 9.17) is 5.14 Å². The van der Waals surface area contributed by atoms with E-state index >= 15 is 0 Å². The molecule has 1 aromatic carbocycles. The number of amides is 1. The quantitative estimate of drug-likeness (QED) is 0.450. The molecule has 7 nitrogen and oxygen atoms in total. The van der Waals surface area contributed by atoms with Gasteiger partial charge in [0.2, 0.25) is 5.91 Å². The van der Waals surface area contributed by atoms with Crippen LogP contribution in [0.5, 0.6) is 0 Å². The first-order valence-electron chi connectivity index (χ1n) is 11.4. The molecular weight excluding hydrogens is 412 g/mol. The summed E-state index contributed by atoms with van der Waals surface area (Å²) < 4.78 is 26.0. The molecule has 4 N–H and O–H groups in total. The Balaban J connectivity index is 2.40. The average Bonchev–Trinajstić information content (AvgIpc) is 3.07. The lowest BCUT2D eigenvalue weighted by Gasteiger charge is -2.28. The standard InChI is InChI=1S/C23H40N4O3S/c1-7-8-9-10-11-12-14-27-15-13-18-16(2)19(26-31(24,29)30)17(3)20(21(18)27)25-22(28)23(4,5)6/h26H,7-15H2,1-6H3,(H,25,28)(H2,24,29,30). The van der Waals surface area contributed by atoms with Gasteiger partial charge < -0.3 is 10.2 Å². The lowest BCUT2D eigenvalue weighted by molar-refractivity contribution is -0.123. The fraction of sp³-hybridized carbons (Fsp3) is 0.696. The Morgan fingerprint density at radius 1 is 1.03 bits per heavy atom. The summed E-state index contributed by atoms with van der Waals surface area (Å²) in [6, 6.07) is 0. The first kappa shape index (κ1) is 25.5. The fourth-order valence-electron chi connectivity index (χ4n) is 4.13. The van der Waals surface area contributed by atoms with Gasteiger partial charge in [0.05, 0.1) is 17.1 Å². The van der Waals surface area contributed by atoms with Gasteiger partial charge in [0.1, 0.15) is 0 Å². The molecule has 0 aromatic heterocycles. The Morgan fingerprint density at radius 2 is 1.65 bits per heavy atom. The molecular formula is C23H40N4O3S. The summed E-state index contributed by atoms with van der Waals surface area (Å²) in [6.07, 6.45) is 8.16. The highest BCUT2D eigenvalue weighted by molar-refractivity contribution is 7.90. The van der Waals surface area contributed by atoms with Gasteiger partial charge in [-0.3, -0.25) is 9.52 Å². The summed E-state index contributed by atoms with van der Waals surface area (Å²) in [4.78, 5) is 15.2. The monoisotopic (exact) mass is 452 g/mol. The predicted molar refractivity (Wildman–Crippen MR) is 130 cm³/mol. The Morgan fingerprint density at radius 3 is 2.23 bits per heavy atom.